The minimum Gasteiger partial charge on any atom is -0.455 e. The third-order valence-electron chi connectivity index (χ3n) is 4.56. The van der Waals surface area contributed by atoms with Crippen LogP contribution in [0.5, 0.6) is 0 Å². The molecule has 0 aromatic carbocycles. The van der Waals surface area contributed by atoms with Gasteiger partial charge in [0.25, 0.3) is 0 Å². The van der Waals surface area contributed by atoms with Gasteiger partial charge in [-0.15, -0.1) is 0 Å². The summed E-state index contributed by atoms with van der Waals surface area (Å²) < 4.78 is 6.65. The maximum Gasteiger partial charge on any atom is 0.177 e. The quantitative estimate of drug-likeness (QED) is 0.534. The summed E-state index contributed by atoms with van der Waals surface area (Å²) in [4.78, 5) is 0. The molecule has 1 saturated carbocycles. The minimum absolute atomic E-state index is 0.855. The molecule has 3 heteroatoms. The highest BCUT2D eigenvalue weighted by atomic mass is 28.4. The van der Waals surface area contributed by atoms with Crippen LogP contribution in [0.2, 0.25) is 37.8 Å². The van der Waals surface area contributed by atoms with E-state index in [2.05, 4.69) is 45.3 Å². The summed E-state index contributed by atoms with van der Waals surface area (Å²) in [5, 5.41) is 0. The average molecular weight is 255 g/mol. The van der Waals surface area contributed by atoms with Crippen LogP contribution in [-0.2, 0) is 4.12 Å². The molecule has 0 aromatic rings. The summed E-state index contributed by atoms with van der Waals surface area (Å²) in [7, 11) is -2.84. The fourth-order valence-corrected chi connectivity index (χ4v) is 12.5. The van der Waals surface area contributed by atoms with E-state index in [1.807, 2.05) is 0 Å². The van der Waals surface area contributed by atoms with Gasteiger partial charge in [-0.25, -0.2) is 0 Å². The lowest BCUT2D eigenvalue weighted by molar-refractivity contribution is 0.492. The Morgan fingerprint density at radius 2 is 1.81 bits per heavy atom. The van der Waals surface area contributed by atoms with E-state index in [1.54, 1.807) is 0 Å². The minimum atomic E-state index is -1.47. The zero-order chi connectivity index (χ0) is 12.0. The Bertz CT molecular complexity index is 296. The predicted octanol–water partition coefficient (Wildman–Crippen LogP) is 4.40. The van der Waals surface area contributed by atoms with E-state index in [4.69, 9.17) is 4.12 Å². The fourth-order valence-electron chi connectivity index (χ4n) is 3.44. The summed E-state index contributed by atoms with van der Waals surface area (Å²) in [5.41, 5.74) is 0.890. The Morgan fingerprint density at radius 3 is 2.25 bits per heavy atom. The van der Waals surface area contributed by atoms with Crippen LogP contribution >= 0.6 is 0 Å². The van der Waals surface area contributed by atoms with E-state index >= 15 is 0 Å². The third kappa shape index (κ3) is 2.36. The average Bonchev–Trinajstić information content (AvgIpc) is 2.77. The summed E-state index contributed by atoms with van der Waals surface area (Å²) in [6, 6.07) is 1.25. The Balaban J connectivity index is 2.05. The Morgan fingerprint density at radius 1 is 1.12 bits per heavy atom. The van der Waals surface area contributed by atoms with Gasteiger partial charge in [0.15, 0.2) is 16.6 Å². The Labute approximate surface area is 103 Å². The Hall–Kier alpha value is 0.134. The van der Waals surface area contributed by atoms with Gasteiger partial charge in [0, 0.05) is 0 Å². The van der Waals surface area contributed by atoms with Gasteiger partial charge in [-0.1, -0.05) is 19.1 Å². The molecule has 92 valence electrons. The second kappa shape index (κ2) is 4.11. The van der Waals surface area contributed by atoms with E-state index in [0.29, 0.717) is 0 Å². The molecule has 0 radical (unpaired) electrons. The van der Waals surface area contributed by atoms with Gasteiger partial charge < -0.3 is 4.12 Å². The monoisotopic (exact) mass is 254 g/mol. The van der Waals surface area contributed by atoms with Crippen molar-refractivity contribution >= 4 is 16.6 Å². The van der Waals surface area contributed by atoms with E-state index in [9.17, 15) is 0 Å². The number of allylic oxidation sites excluding steroid dienone is 2. The van der Waals surface area contributed by atoms with Crippen LogP contribution in [0.3, 0.4) is 0 Å². The van der Waals surface area contributed by atoms with E-state index in [0.717, 1.165) is 17.4 Å². The lowest BCUT2D eigenvalue weighted by Gasteiger charge is -2.39. The number of fused-ring (bicyclic) bond motifs is 2. The van der Waals surface area contributed by atoms with Crippen molar-refractivity contribution in [2.24, 2.45) is 11.8 Å². The van der Waals surface area contributed by atoms with Gasteiger partial charge in [0.05, 0.1) is 0 Å². The largest absolute Gasteiger partial charge is 0.455 e. The van der Waals surface area contributed by atoms with Crippen LogP contribution in [0, 0.1) is 11.8 Å². The molecule has 16 heavy (non-hydrogen) atoms. The Kier molecular flexibility index (Phi) is 3.23. The van der Waals surface area contributed by atoms with Crippen molar-refractivity contribution in [3.05, 3.63) is 12.2 Å². The van der Waals surface area contributed by atoms with Crippen molar-refractivity contribution in [2.75, 3.05) is 0 Å². The van der Waals surface area contributed by atoms with Crippen LogP contribution in [0.25, 0.3) is 0 Å². The van der Waals surface area contributed by atoms with Gasteiger partial charge in [0.1, 0.15) is 0 Å². The van der Waals surface area contributed by atoms with Crippen LogP contribution < -0.4 is 0 Å². The van der Waals surface area contributed by atoms with Gasteiger partial charge in [-0.2, -0.15) is 0 Å². The second-order valence-corrected chi connectivity index (χ2v) is 15.7. The van der Waals surface area contributed by atoms with E-state index < -0.39 is 16.6 Å². The van der Waals surface area contributed by atoms with Crippen molar-refractivity contribution in [2.45, 2.75) is 57.5 Å². The topological polar surface area (TPSA) is 9.23 Å². The molecule has 0 aromatic heterocycles. The van der Waals surface area contributed by atoms with Gasteiger partial charge in [-0.05, 0) is 62.5 Å². The third-order valence-corrected chi connectivity index (χ3v) is 13.0. The van der Waals surface area contributed by atoms with Crippen LogP contribution in [0.15, 0.2) is 12.2 Å². The van der Waals surface area contributed by atoms with Crippen molar-refractivity contribution in [3.63, 3.8) is 0 Å². The molecule has 3 unspecified atom stereocenters. The molecule has 0 N–H and O–H groups in total. The van der Waals surface area contributed by atoms with Crippen LogP contribution in [0.1, 0.15) is 19.8 Å². The second-order valence-electron chi connectivity index (χ2n) is 6.71. The lowest BCUT2D eigenvalue weighted by Crippen LogP contribution is -2.48. The zero-order valence-corrected chi connectivity index (χ0v) is 13.4. The summed E-state index contributed by atoms with van der Waals surface area (Å²) in [5.74, 6) is 1.74. The molecule has 2 aliphatic rings. The first-order chi connectivity index (χ1) is 7.34. The molecule has 2 bridgehead atoms. The molecule has 3 atom stereocenters. The van der Waals surface area contributed by atoms with Gasteiger partial charge >= 0.3 is 0 Å². The number of hydrogen-bond acceptors (Lipinski definition) is 1. The highest BCUT2D eigenvalue weighted by molar-refractivity contribution is 6.85. The van der Waals surface area contributed by atoms with Gasteiger partial charge in [0.2, 0.25) is 0 Å². The number of rotatable bonds is 4. The van der Waals surface area contributed by atoms with Gasteiger partial charge in [-0.3, -0.25) is 0 Å². The molecule has 0 saturated heterocycles. The molecule has 0 heterocycles. The van der Waals surface area contributed by atoms with Crippen LogP contribution in [-0.4, -0.2) is 16.6 Å². The first kappa shape index (κ1) is 12.6. The normalized spacial score (nSPS) is 33.7. The molecule has 2 rings (SSSR count). The number of hydrogen-bond donors (Lipinski definition) is 0. The highest BCUT2D eigenvalue weighted by Crippen LogP contribution is 2.52. The molecule has 0 aliphatic heterocycles. The van der Waals surface area contributed by atoms with E-state index in [-0.39, 0.29) is 0 Å². The first-order valence-electron chi connectivity index (χ1n) is 6.72. The van der Waals surface area contributed by atoms with Crippen molar-refractivity contribution in [1.82, 2.24) is 0 Å². The van der Waals surface area contributed by atoms with Crippen molar-refractivity contribution in [3.8, 4) is 0 Å². The van der Waals surface area contributed by atoms with Crippen molar-refractivity contribution < 1.29 is 4.12 Å². The van der Waals surface area contributed by atoms with Crippen molar-refractivity contribution in [1.29, 1.82) is 0 Å². The first-order valence-corrected chi connectivity index (χ1v) is 12.8. The molecule has 1 nitrogen and oxygen atoms in total. The van der Waals surface area contributed by atoms with Crippen LogP contribution in [0.4, 0.5) is 0 Å². The lowest BCUT2D eigenvalue weighted by atomic mass is 10.1. The SMILES string of the molecule is CC[Si](C)(C)O[Si](C)(C)C1CC2C=CC1C2. The summed E-state index contributed by atoms with van der Waals surface area (Å²) in [6.07, 6.45) is 7.73. The molecular weight excluding hydrogens is 228 g/mol. The summed E-state index contributed by atoms with van der Waals surface area (Å²) >= 11 is 0. The molecule has 0 spiro atoms. The fraction of sp³-hybridized carbons (Fsp3) is 0.846. The zero-order valence-electron chi connectivity index (χ0n) is 11.4. The summed E-state index contributed by atoms with van der Waals surface area (Å²) in [6.45, 7) is 12.0. The molecule has 0 amide bonds. The molecule has 2 aliphatic carbocycles. The molecule has 1 fully saturated rings. The maximum absolute atomic E-state index is 6.65. The predicted molar refractivity (Wildman–Crippen MR) is 75.6 cm³/mol. The smallest absolute Gasteiger partial charge is 0.177 e. The molecular formula is C13H26OSi2. The standard InChI is InChI=1S/C13H26OSi2/c1-6-15(2,3)14-16(4,5)13-10-11-7-8-12(13)9-11/h7-8,11-13H,6,9-10H2,1-5H3. The highest BCUT2D eigenvalue weighted by Gasteiger charge is 2.47. The van der Waals surface area contributed by atoms with E-state index in [1.165, 1.54) is 18.9 Å². The maximum atomic E-state index is 6.65.